The zero-order valence-corrected chi connectivity index (χ0v) is 18.7. The van der Waals surface area contributed by atoms with Crippen molar-refractivity contribution in [1.82, 2.24) is 16.0 Å². The maximum absolute atomic E-state index is 12.5. The Balaban J connectivity index is 2.55. The monoisotopic (exact) mass is 464 g/mol. The number of ether oxygens (including phenoxy) is 1. The van der Waals surface area contributed by atoms with Crippen LogP contribution in [0.15, 0.2) is 35.3 Å². The SMILES string of the molecule is CC(NC(=O)C(NC(=O)OCc1ccccc1)C(C)O)C(=O)NC(C=O)CCCN=C(N)N. The van der Waals surface area contributed by atoms with Crippen molar-refractivity contribution < 1.29 is 29.0 Å². The topological polar surface area (TPSA) is 198 Å². The van der Waals surface area contributed by atoms with Gasteiger partial charge in [0.2, 0.25) is 11.8 Å². The highest BCUT2D eigenvalue weighted by Crippen LogP contribution is 2.02. The van der Waals surface area contributed by atoms with Gasteiger partial charge in [0.15, 0.2) is 5.96 Å². The lowest BCUT2D eigenvalue weighted by Gasteiger charge is -2.23. The molecule has 0 bridgehead atoms. The number of rotatable bonds is 13. The molecule has 33 heavy (non-hydrogen) atoms. The summed E-state index contributed by atoms with van der Waals surface area (Å²) in [6.07, 6.45) is -0.828. The van der Waals surface area contributed by atoms with Gasteiger partial charge in [-0.3, -0.25) is 14.6 Å². The number of aliphatic imine (C=N–C) groups is 1. The molecule has 8 N–H and O–H groups in total. The first kappa shape index (κ1) is 27.4. The van der Waals surface area contributed by atoms with E-state index in [0.717, 1.165) is 5.56 Å². The van der Waals surface area contributed by atoms with Crippen LogP contribution in [0.3, 0.4) is 0 Å². The van der Waals surface area contributed by atoms with E-state index in [9.17, 15) is 24.3 Å². The average molecular weight is 465 g/mol. The molecule has 0 fully saturated rings. The summed E-state index contributed by atoms with van der Waals surface area (Å²) in [4.78, 5) is 51.9. The highest BCUT2D eigenvalue weighted by molar-refractivity contribution is 5.92. The third-order valence-electron chi connectivity index (χ3n) is 4.46. The third kappa shape index (κ3) is 11.0. The van der Waals surface area contributed by atoms with Crippen LogP contribution in [-0.2, 0) is 25.7 Å². The van der Waals surface area contributed by atoms with E-state index in [-0.39, 0.29) is 12.6 Å². The number of hydrogen-bond acceptors (Lipinski definition) is 7. The Kier molecular flexibility index (Phi) is 11.9. The van der Waals surface area contributed by atoms with Crippen molar-refractivity contribution in [2.45, 2.75) is 57.5 Å². The molecule has 0 saturated heterocycles. The molecule has 3 amide bonds. The van der Waals surface area contributed by atoms with Crippen LogP contribution in [0.5, 0.6) is 0 Å². The molecule has 0 aliphatic carbocycles. The predicted octanol–water partition coefficient (Wildman–Crippen LogP) is -1.10. The van der Waals surface area contributed by atoms with Crippen molar-refractivity contribution >= 4 is 30.2 Å². The number of benzene rings is 1. The van der Waals surface area contributed by atoms with Gasteiger partial charge in [-0.1, -0.05) is 30.3 Å². The van der Waals surface area contributed by atoms with Crippen LogP contribution in [0.25, 0.3) is 0 Å². The molecule has 4 atom stereocenters. The molecule has 0 radical (unpaired) electrons. The molecule has 1 aromatic carbocycles. The number of aldehydes is 1. The minimum absolute atomic E-state index is 0.0180. The van der Waals surface area contributed by atoms with E-state index in [4.69, 9.17) is 16.2 Å². The lowest BCUT2D eigenvalue weighted by molar-refractivity contribution is -0.131. The van der Waals surface area contributed by atoms with Gasteiger partial charge in [0.1, 0.15) is 25.0 Å². The first-order chi connectivity index (χ1) is 15.6. The Morgan fingerprint density at radius 2 is 1.76 bits per heavy atom. The predicted molar refractivity (Wildman–Crippen MR) is 121 cm³/mol. The quantitative estimate of drug-likeness (QED) is 0.0915. The van der Waals surface area contributed by atoms with Crippen LogP contribution in [0.1, 0.15) is 32.3 Å². The van der Waals surface area contributed by atoms with E-state index < -0.39 is 42.1 Å². The molecule has 0 spiro atoms. The molecule has 12 nitrogen and oxygen atoms in total. The summed E-state index contributed by atoms with van der Waals surface area (Å²) in [5, 5.41) is 17.1. The van der Waals surface area contributed by atoms with E-state index in [1.807, 2.05) is 6.07 Å². The van der Waals surface area contributed by atoms with Gasteiger partial charge in [0.05, 0.1) is 12.1 Å². The normalized spacial score (nSPS) is 14.0. The highest BCUT2D eigenvalue weighted by Gasteiger charge is 2.29. The lowest BCUT2D eigenvalue weighted by atomic mass is 10.1. The van der Waals surface area contributed by atoms with Crippen LogP contribution < -0.4 is 27.4 Å². The number of nitrogens with one attached hydrogen (secondary N) is 3. The highest BCUT2D eigenvalue weighted by atomic mass is 16.5. The Morgan fingerprint density at radius 1 is 1.09 bits per heavy atom. The van der Waals surface area contributed by atoms with Crippen molar-refractivity contribution in [2.24, 2.45) is 16.5 Å². The second-order valence-corrected chi connectivity index (χ2v) is 7.35. The molecule has 12 heteroatoms. The number of guanidine groups is 1. The second kappa shape index (κ2) is 14.4. The van der Waals surface area contributed by atoms with E-state index in [1.165, 1.54) is 13.8 Å². The van der Waals surface area contributed by atoms with Crippen molar-refractivity contribution in [3.63, 3.8) is 0 Å². The molecule has 182 valence electrons. The van der Waals surface area contributed by atoms with Crippen LogP contribution in [0.4, 0.5) is 4.79 Å². The zero-order chi connectivity index (χ0) is 24.8. The first-order valence-electron chi connectivity index (χ1n) is 10.4. The molecule has 0 aromatic heterocycles. The minimum Gasteiger partial charge on any atom is -0.445 e. The summed E-state index contributed by atoms with van der Waals surface area (Å²) < 4.78 is 5.06. The maximum atomic E-state index is 12.5. The summed E-state index contributed by atoms with van der Waals surface area (Å²) in [5.74, 6) is -1.47. The number of hydrogen-bond donors (Lipinski definition) is 6. The Hall–Kier alpha value is -3.67. The number of aliphatic hydroxyl groups excluding tert-OH is 1. The molecular weight excluding hydrogens is 432 g/mol. The number of nitrogens with two attached hydrogens (primary N) is 2. The van der Waals surface area contributed by atoms with Gasteiger partial charge in [-0.25, -0.2) is 4.79 Å². The van der Waals surface area contributed by atoms with Crippen molar-refractivity contribution in [2.75, 3.05) is 6.54 Å². The summed E-state index contributed by atoms with van der Waals surface area (Å²) >= 11 is 0. The fourth-order valence-electron chi connectivity index (χ4n) is 2.67. The molecule has 0 heterocycles. The molecule has 4 unspecified atom stereocenters. The number of carbonyl (C=O) groups excluding carboxylic acids is 4. The van der Waals surface area contributed by atoms with E-state index in [1.54, 1.807) is 24.3 Å². The maximum Gasteiger partial charge on any atom is 0.408 e. The van der Waals surface area contributed by atoms with Crippen LogP contribution in [0, 0.1) is 0 Å². The molecule has 0 aliphatic rings. The summed E-state index contributed by atoms with van der Waals surface area (Å²) in [7, 11) is 0. The first-order valence-corrected chi connectivity index (χ1v) is 10.4. The number of nitrogens with zero attached hydrogens (tertiary/aromatic N) is 1. The van der Waals surface area contributed by atoms with E-state index in [0.29, 0.717) is 25.7 Å². The van der Waals surface area contributed by atoms with E-state index in [2.05, 4.69) is 20.9 Å². The molecule has 1 aromatic rings. The summed E-state index contributed by atoms with van der Waals surface area (Å²) in [5.41, 5.74) is 11.2. The standard InChI is InChI=1S/C21H32N6O6/c1-13(18(30)26-16(11-28)9-6-10-24-20(22)23)25-19(31)17(14(2)29)27-21(32)33-12-15-7-4-3-5-8-15/h3-5,7-8,11,13-14,16-17,29H,6,9-10,12H2,1-2H3,(H,25,31)(H,26,30)(H,27,32)(H4,22,23,24). The smallest absolute Gasteiger partial charge is 0.408 e. The Morgan fingerprint density at radius 3 is 2.33 bits per heavy atom. The van der Waals surface area contributed by atoms with Crippen molar-refractivity contribution in [3.05, 3.63) is 35.9 Å². The van der Waals surface area contributed by atoms with E-state index >= 15 is 0 Å². The Bertz CT molecular complexity index is 813. The van der Waals surface area contributed by atoms with Gasteiger partial charge in [-0.05, 0) is 32.3 Å². The third-order valence-corrected chi connectivity index (χ3v) is 4.46. The van der Waals surface area contributed by atoms with Gasteiger partial charge in [-0.15, -0.1) is 0 Å². The van der Waals surface area contributed by atoms with Crippen LogP contribution in [0.2, 0.25) is 0 Å². The second-order valence-electron chi connectivity index (χ2n) is 7.35. The fraction of sp³-hybridized carbons (Fsp3) is 0.476. The van der Waals surface area contributed by atoms with Gasteiger partial charge in [-0.2, -0.15) is 0 Å². The van der Waals surface area contributed by atoms with Gasteiger partial charge >= 0.3 is 6.09 Å². The number of carbonyl (C=O) groups is 4. The number of aliphatic hydroxyl groups is 1. The van der Waals surface area contributed by atoms with Crippen LogP contribution in [-0.4, -0.2) is 66.0 Å². The molecule has 0 saturated carbocycles. The van der Waals surface area contributed by atoms with Gasteiger partial charge in [0, 0.05) is 6.54 Å². The molecular formula is C21H32N6O6. The fourth-order valence-corrected chi connectivity index (χ4v) is 2.67. The summed E-state index contributed by atoms with van der Waals surface area (Å²) in [6, 6.07) is 5.73. The molecule has 1 rings (SSSR count). The largest absolute Gasteiger partial charge is 0.445 e. The number of alkyl carbamates (subject to hydrolysis) is 1. The zero-order valence-electron chi connectivity index (χ0n) is 18.7. The lowest BCUT2D eigenvalue weighted by Crippen LogP contribution is -2.57. The van der Waals surface area contributed by atoms with Crippen molar-refractivity contribution in [1.29, 1.82) is 0 Å². The van der Waals surface area contributed by atoms with Crippen molar-refractivity contribution in [3.8, 4) is 0 Å². The summed E-state index contributed by atoms with van der Waals surface area (Å²) in [6.45, 7) is 3.00. The van der Waals surface area contributed by atoms with Gasteiger partial charge < -0.3 is 42.1 Å². The minimum atomic E-state index is -1.36. The average Bonchev–Trinajstić information content (AvgIpc) is 2.78. The number of amides is 3. The molecule has 0 aliphatic heterocycles. The van der Waals surface area contributed by atoms with Crippen LogP contribution >= 0.6 is 0 Å². The Labute approximate surface area is 192 Å². The van der Waals surface area contributed by atoms with Gasteiger partial charge in [0.25, 0.3) is 0 Å².